The third-order valence-electron chi connectivity index (χ3n) is 3.69. The lowest BCUT2D eigenvalue weighted by Gasteiger charge is -2.28. The number of fused-ring (bicyclic) bond motifs is 1. The smallest absolute Gasteiger partial charge is 0.240 e. The van der Waals surface area contributed by atoms with Crippen molar-refractivity contribution in [3.8, 4) is 0 Å². The minimum atomic E-state index is -0.212. The van der Waals surface area contributed by atoms with E-state index in [2.05, 4.69) is 30.0 Å². The molecule has 0 saturated heterocycles. The number of carbonyl (C=O) groups is 2. The first-order valence-electron chi connectivity index (χ1n) is 8.32. The van der Waals surface area contributed by atoms with Gasteiger partial charge in [-0.15, -0.1) is 11.8 Å². The molecule has 0 atom stereocenters. The molecule has 0 unspecified atom stereocenters. The van der Waals surface area contributed by atoms with Gasteiger partial charge in [0.2, 0.25) is 11.8 Å². The quantitative estimate of drug-likeness (QED) is 0.518. The topological polar surface area (TPSA) is 73.5 Å². The molecule has 1 aliphatic heterocycles. The van der Waals surface area contributed by atoms with E-state index in [4.69, 9.17) is 12.2 Å². The molecule has 1 aromatic rings. The Morgan fingerprint density at radius 2 is 2.08 bits per heavy atom. The number of para-hydroxylation sites is 1. The second-order valence-electron chi connectivity index (χ2n) is 6.16. The molecule has 2 amide bonds. The monoisotopic (exact) mass is 380 g/mol. The van der Waals surface area contributed by atoms with Gasteiger partial charge in [0.1, 0.15) is 0 Å². The van der Waals surface area contributed by atoms with E-state index in [0.717, 1.165) is 23.5 Å². The molecule has 25 heavy (non-hydrogen) atoms. The fraction of sp³-hybridized carbons (Fsp3) is 0.471. The highest BCUT2D eigenvalue weighted by Crippen LogP contribution is 2.34. The SMILES string of the molecule is CC(C)CCNC(=S)NNC(=O)CCN1C(=O)CSc2ccccc21. The number of hydrazine groups is 1. The molecule has 0 radical (unpaired) electrons. The first-order chi connectivity index (χ1) is 12.0. The van der Waals surface area contributed by atoms with Crippen LogP contribution < -0.4 is 21.1 Å². The van der Waals surface area contributed by atoms with Crippen molar-refractivity contribution >= 4 is 46.6 Å². The van der Waals surface area contributed by atoms with E-state index in [1.165, 1.54) is 11.8 Å². The number of carbonyl (C=O) groups excluding carboxylic acids is 2. The van der Waals surface area contributed by atoms with Crippen LogP contribution in [-0.2, 0) is 9.59 Å². The number of thioether (sulfide) groups is 1. The zero-order chi connectivity index (χ0) is 18.2. The summed E-state index contributed by atoms with van der Waals surface area (Å²) in [5, 5.41) is 3.43. The maximum atomic E-state index is 12.1. The average Bonchev–Trinajstić information content (AvgIpc) is 2.58. The molecule has 3 N–H and O–H groups in total. The van der Waals surface area contributed by atoms with Gasteiger partial charge >= 0.3 is 0 Å². The third kappa shape index (κ3) is 6.21. The fourth-order valence-corrected chi connectivity index (χ4v) is 3.41. The summed E-state index contributed by atoms with van der Waals surface area (Å²) in [4.78, 5) is 26.9. The number of nitrogens with zero attached hydrogens (tertiary/aromatic N) is 1. The molecule has 8 heteroatoms. The minimum absolute atomic E-state index is 0.0235. The second-order valence-corrected chi connectivity index (χ2v) is 7.59. The van der Waals surface area contributed by atoms with Gasteiger partial charge in [0.25, 0.3) is 0 Å². The van der Waals surface area contributed by atoms with Crippen LogP contribution in [0.25, 0.3) is 0 Å². The predicted molar refractivity (Wildman–Crippen MR) is 105 cm³/mol. The lowest BCUT2D eigenvalue weighted by Crippen LogP contribution is -2.48. The lowest BCUT2D eigenvalue weighted by atomic mass is 10.1. The van der Waals surface area contributed by atoms with E-state index < -0.39 is 0 Å². The van der Waals surface area contributed by atoms with Crippen molar-refractivity contribution < 1.29 is 9.59 Å². The van der Waals surface area contributed by atoms with Crippen molar-refractivity contribution in [1.29, 1.82) is 0 Å². The summed E-state index contributed by atoms with van der Waals surface area (Å²) in [5.41, 5.74) is 6.12. The van der Waals surface area contributed by atoms with Gasteiger partial charge in [-0.3, -0.25) is 20.4 Å². The van der Waals surface area contributed by atoms with Crippen LogP contribution >= 0.6 is 24.0 Å². The van der Waals surface area contributed by atoms with Crippen molar-refractivity contribution in [1.82, 2.24) is 16.2 Å². The number of hydrogen-bond donors (Lipinski definition) is 3. The summed E-state index contributed by atoms with van der Waals surface area (Å²) in [6.45, 7) is 5.38. The number of rotatable bonds is 6. The van der Waals surface area contributed by atoms with Gasteiger partial charge in [-0.2, -0.15) is 0 Å². The largest absolute Gasteiger partial charge is 0.361 e. The van der Waals surface area contributed by atoms with Crippen LogP contribution in [0.5, 0.6) is 0 Å². The number of hydrogen-bond acceptors (Lipinski definition) is 4. The predicted octanol–water partition coefficient (Wildman–Crippen LogP) is 2.06. The number of nitrogens with one attached hydrogen (secondary N) is 3. The Hall–Kier alpha value is -1.80. The normalized spacial score (nSPS) is 13.4. The van der Waals surface area contributed by atoms with Crippen molar-refractivity contribution in [2.45, 2.75) is 31.6 Å². The molecule has 1 heterocycles. The molecule has 0 bridgehead atoms. The molecule has 1 aliphatic rings. The van der Waals surface area contributed by atoms with Crippen molar-refractivity contribution in [2.75, 3.05) is 23.7 Å². The molecule has 0 aliphatic carbocycles. The Labute approximate surface area is 158 Å². The van der Waals surface area contributed by atoms with Crippen molar-refractivity contribution in [3.63, 3.8) is 0 Å². The van der Waals surface area contributed by atoms with Crippen molar-refractivity contribution in [2.24, 2.45) is 5.92 Å². The van der Waals surface area contributed by atoms with E-state index in [1.807, 2.05) is 24.3 Å². The molecule has 0 fully saturated rings. The lowest BCUT2D eigenvalue weighted by molar-refractivity contribution is -0.121. The van der Waals surface area contributed by atoms with E-state index in [0.29, 0.717) is 23.3 Å². The summed E-state index contributed by atoms with van der Waals surface area (Å²) in [7, 11) is 0. The molecule has 6 nitrogen and oxygen atoms in total. The maximum Gasteiger partial charge on any atom is 0.240 e. The Kier molecular flexibility index (Phi) is 7.52. The van der Waals surface area contributed by atoms with Crippen LogP contribution in [0.4, 0.5) is 5.69 Å². The Bertz CT molecular complexity index is 637. The van der Waals surface area contributed by atoms with Gasteiger partial charge in [-0.25, -0.2) is 0 Å². The molecule has 0 aromatic heterocycles. The van der Waals surface area contributed by atoms with Gasteiger partial charge in [-0.1, -0.05) is 26.0 Å². The van der Waals surface area contributed by atoms with Crippen LogP contribution in [-0.4, -0.2) is 35.8 Å². The van der Waals surface area contributed by atoms with Crippen LogP contribution in [0, 0.1) is 5.92 Å². The van der Waals surface area contributed by atoms with Gasteiger partial charge in [-0.05, 0) is 36.7 Å². The molecule has 0 saturated carbocycles. The second kappa shape index (κ2) is 9.62. The zero-order valence-corrected chi connectivity index (χ0v) is 16.1. The number of benzene rings is 1. The van der Waals surface area contributed by atoms with Crippen LogP contribution in [0.1, 0.15) is 26.7 Å². The number of thiocarbonyl (C=S) groups is 1. The van der Waals surface area contributed by atoms with Gasteiger partial charge < -0.3 is 10.2 Å². The van der Waals surface area contributed by atoms with Gasteiger partial charge in [0.05, 0.1) is 11.4 Å². The first kappa shape index (κ1) is 19.5. The Morgan fingerprint density at radius 1 is 1.32 bits per heavy atom. The fourth-order valence-electron chi connectivity index (χ4n) is 2.32. The highest BCUT2D eigenvalue weighted by atomic mass is 32.2. The highest BCUT2D eigenvalue weighted by Gasteiger charge is 2.24. The molecule has 2 rings (SSSR count). The van der Waals surface area contributed by atoms with Crippen LogP contribution in [0.2, 0.25) is 0 Å². The number of anilines is 1. The summed E-state index contributed by atoms with van der Waals surface area (Å²) in [5.74, 6) is 0.806. The van der Waals surface area contributed by atoms with E-state index in [9.17, 15) is 9.59 Å². The summed E-state index contributed by atoms with van der Waals surface area (Å²) >= 11 is 6.63. The molecule has 136 valence electrons. The highest BCUT2D eigenvalue weighted by molar-refractivity contribution is 8.00. The van der Waals surface area contributed by atoms with Crippen LogP contribution in [0.15, 0.2) is 29.2 Å². The zero-order valence-electron chi connectivity index (χ0n) is 14.5. The van der Waals surface area contributed by atoms with E-state index >= 15 is 0 Å². The standard InChI is InChI=1S/C17H24N4O2S2/c1-12(2)7-9-18-17(24)20-19-15(22)8-10-21-13-5-3-4-6-14(13)25-11-16(21)23/h3-6,12H,7-11H2,1-2H3,(H,19,22)(H2,18,20,24). The van der Waals surface area contributed by atoms with Gasteiger partial charge in [0.15, 0.2) is 5.11 Å². The average molecular weight is 381 g/mol. The van der Waals surface area contributed by atoms with Crippen molar-refractivity contribution in [3.05, 3.63) is 24.3 Å². The first-order valence-corrected chi connectivity index (χ1v) is 9.71. The minimum Gasteiger partial charge on any atom is -0.361 e. The maximum absolute atomic E-state index is 12.1. The summed E-state index contributed by atoms with van der Waals surface area (Å²) in [6, 6.07) is 7.74. The van der Waals surface area contributed by atoms with Gasteiger partial charge in [0, 0.05) is 24.4 Å². The molecular formula is C17H24N4O2S2. The van der Waals surface area contributed by atoms with E-state index in [-0.39, 0.29) is 18.2 Å². The summed E-state index contributed by atoms with van der Waals surface area (Å²) in [6.07, 6.45) is 1.20. The van der Waals surface area contributed by atoms with E-state index in [1.54, 1.807) is 4.90 Å². The molecule has 1 aromatic carbocycles. The Morgan fingerprint density at radius 3 is 2.84 bits per heavy atom. The van der Waals surface area contributed by atoms with Crippen LogP contribution in [0.3, 0.4) is 0 Å². The third-order valence-corrected chi connectivity index (χ3v) is 4.99. The Balaban J connectivity index is 1.75. The molecule has 0 spiro atoms. The summed E-state index contributed by atoms with van der Waals surface area (Å²) < 4.78 is 0. The number of amides is 2. The molecular weight excluding hydrogens is 356 g/mol.